The van der Waals surface area contributed by atoms with Gasteiger partial charge >= 0.3 is 35.5 Å². The molecular formula is C18H17N2NaO6S. The van der Waals surface area contributed by atoms with E-state index < -0.39 is 29.3 Å². The van der Waals surface area contributed by atoms with E-state index in [1.807, 2.05) is 0 Å². The fourth-order valence-corrected chi connectivity index (χ4v) is 4.55. The van der Waals surface area contributed by atoms with Gasteiger partial charge in [0.05, 0.1) is 11.7 Å². The summed E-state index contributed by atoms with van der Waals surface area (Å²) in [6, 6.07) is 7.93. The van der Waals surface area contributed by atoms with Gasteiger partial charge in [0.2, 0.25) is 5.91 Å². The molecule has 2 aliphatic heterocycles. The average Bonchev–Trinajstić information content (AvgIpc) is 2.63. The summed E-state index contributed by atoms with van der Waals surface area (Å²) in [7, 11) is 0. The van der Waals surface area contributed by atoms with Gasteiger partial charge in [-0.2, -0.15) is 0 Å². The number of carboxylic acid groups (broad SMARTS) is 1. The van der Waals surface area contributed by atoms with Crippen LogP contribution in [0.3, 0.4) is 0 Å². The van der Waals surface area contributed by atoms with Gasteiger partial charge in [0.1, 0.15) is 18.0 Å². The summed E-state index contributed by atoms with van der Waals surface area (Å²) in [5.74, 6) is -2.63. The number of amides is 2. The van der Waals surface area contributed by atoms with E-state index in [1.54, 1.807) is 30.3 Å². The van der Waals surface area contributed by atoms with Crippen LogP contribution < -0.4 is 39.6 Å². The van der Waals surface area contributed by atoms with E-state index in [2.05, 4.69) is 0 Å². The van der Waals surface area contributed by atoms with E-state index in [1.165, 1.54) is 30.5 Å². The van der Waals surface area contributed by atoms with Crippen molar-refractivity contribution in [3.63, 3.8) is 0 Å². The van der Waals surface area contributed by atoms with Gasteiger partial charge in [0.25, 0.3) is 5.91 Å². The maximum Gasteiger partial charge on any atom is 1.00 e. The smallest absolute Gasteiger partial charge is 0.543 e. The maximum absolute atomic E-state index is 12.8. The van der Waals surface area contributed by atoms with Gasteiger partial charge in [-0.05, 0) is 12.1 Å². The van der Waals surface area contributed by atoms with Gasteiger partial charge in [-0.1, -0.05) is 18.2 Å². The Labute approximate surface area is 188 Å². The van der Waals surface area contributed by atoms with E-state index in [0.717, 1.165) is 4.90 Å². The predicted octanol–water partition coefficient (Wildman–Crippen LogP) is -3.11. The third kappa shape index (κ3) is 4.12. The molecule has 0 N–H and O–H groups in total. The van der Waals surface area contributed by atoms with Crippen LogP contribution in [0, 0.1) is 0 Å². The maximum atomic E-state index is 12.8. The number of β-lactam (4-membered cyclic amide) rings is 1. The van der Waals surface area contributed by atoms with Crippen LogP contribution in [0.4, 0.5) is 5.69 Å². The number of hydrogen-bond acceptors (Lipinski definition) is 7. The number of thioether (sulfide) groups is 1. The molecule has 0 aromatic heterocycles. The molecule has 1 saturated heterocycles. The Balaban J connectivity index is 0.00000280. The van der Waals surface area contributed by atoms with Crippen molar-refractivity contribution in [2.24, 2.45) is 0 Å². The van der Waals surface area contributed by atoms with Crippen LogP contribution in [-0.4, -0.2) is 52.4 Å². The van der Waals surface area contributed by atoms with Crippen LogP contribution in [0.15, 0.2) is 41.6 Å². The van der Waals surface area contributed by atoms with E-state index in [4.69, 9.17) is 4.74 Å². The molecule has 0 radical (unpaired) electrons. The molecule has 1 aromatic rings. The first kappa shape index (κ1) is 22.5. The van der Waals surface area contributed by atoms with Crippen molar-refractivity contribution in [2.75, 3.05) is 17.3 Å². The average molecular weight is 412 g/mol. The minimum Gasteiger partial charge on any atom is -0.543 e. The number of para-hydroxylation sites is 1. The number of carbonyl (C=O) groups excluding carboxylic acids is 4. The first-order chi connectivity index (χ1) is 12.8. The fraction of sp³-hybridized carbons (Fsp3) is 0.333. The van der Waals surface area contributed by atoms with E-state index in [0.29, 0.717) is 11.3 Å². The number of rotatable bonds is 5. The van der Waals surface area contributed by atoms with Crippen LogP contribution in [0.5, 0.6) is 0 Å². The molecule has 1 fully saturated rings. The Morgan fingerprint density at radius 3 is 2.43 bits per heavy atom. The van der Waals surface area contributed by atoms with Crippen molar-refractivity contribution >= 4 is 41.2 Å². The summed E-state index contributed by atoms with van der Waals surface area (Å²) in [5.41, 5.74) is 0.582. The third-order valence-corrected chi connectivity index (χ3v) is 5.64. The summed E-state index contributed by atoms with van der Waals surface area (Å²) < 4.78 is 4.88. The van der Waals surface area contributed by atoms with Crippen LogP contribution in [0.1, 0.15) is 13.8 Å². The molecule has 0 spiro atoms. The predicted molar refractivity (Wildman–Crippen MR) is 95.1 cm³/mol. The number of fused-ring (bicyclic) bond motifs is 1. The number of esters is 1. The van der Waals surface area contributed by atoms with E-state index in [-0.39, 0.29) is 53.5 Å². The molecule has 10 heteroatoms. The Morgan fingerprint density at radius 2 is 1.89 bits per heavy atom. The molecule has 0 aliphatic carbocycles. The summed E-state index contributed by atoms with van der Waals surface area (Å²) in [6.07, 6.45) is 0. The number of aliphatic carboxylic acids is 1. The van der Waals surface area contributed by atoms with Crippen molar-refractivity contribution in [2.45, 2.75) is 25.3 Å². The molecule has 142 valence electrons. The van der Waals surface area contributed by atoms with Crippen LogP contribution in [-0.2, 0) is 23.9 Å². The number of carbonyl (C=O) groups is 4. The first-order valence-electron chi connectivity index (χ1n) is 8.19. The molecule has 0 bridgehead atoms. The molecular weight excluding hydrogens is 395 g/mol. The molecule has 8 nitrogen and oxygen atoms in total. The van der Waals surface area contributed by atoms with E-state index in [9.17, 15) is 24.3 Å². The molecule has 2 atom stereocenters. The normalized spacial score (nSPS) is 20.5. The van der Waals surface area contributed by atoms with Gasteiger partial charge < -0.3 is 14.6 Å². The molecule has 28 heavy (non-hydrogen) atoms. The Morgan fingerprint density at radius 1 is 1.25 bits per heavy atom. The minimum absolute atomic E-state index is 0. The van der Waals surface area contributed by atoms with Crippen molar-refractivity contribution in [3.8, 4) is 0 Å². The Kier molecular flexibility index (Phi) is 7.33. The van der Waals surface area contributed by atoms with Crippen LogP contribution in [0.2, 0.25) is 0 Å². The van der Waals surface area contributed by atoms with Gasteiger partial charge in [-0.25, -0.2) is 0 Å². The fourth-order valence-electron chi connectivity index (χ4n) is 3.18. The standard InChI is InChI=1S/C18H18N2O6S.Na/c1-10(21)19(13-6-4-3-5-7-13)15-16(23)20-14(18(24)25)12(8-26-11(2)22)9-27-17(15)20;/h3-7,15,17H,8-9H2,1-2H3,(H,24,25);/q;+1/p-1. The Hall–Kier alpha value is -1.81. The largest absolute Gasteiger partial charge is 1.00 e. The summed E-state index contributed by atoms with van der Waals surface area (Å²) in [4.78, 5) is 50.1. The van der Waals surface area contributed by atoms with E-state index >= 15 is 0 Å². The summed E-state index contributed by atoms with van der Waals surface area (Å²) in [5, 5.41) is 11.1. The minimum atomic E-state index is -1.51. The first-order valence-corrected chi connectivity index (χ1v) is 9.24. The topological polar surface area (TPSA) is 107 Å². The van der Waals surface area contributed by atoms with Gasteiger partial charge in [0.15, 0.2) is 0 Å². The van der Waals surface area contributed by atoms with Crippen LogP contribution in [0.25, 0.3) is 0 Å². The summed E-state index contributed by atoms with van der Waals surface area (Å²) >= 11 is 1.32. The zero-order valence-corrected chi connectivity index (χ0v) is 18.5. The third-order valence-electron chi connectivity index (χ3n) is 4.31. The molecule has 2 aliphatic rings. The number of carboxylic acids is 1. The molecule has 2 heterocycles. The molecule has 3 rings (SSSR count). The second-order valence-corrected chi connectivity index (χ2v) is 7.20. The zero-order chi connectivity index (χ0) is 19.7. The second kappa shape index (κ2) is 9.13. The number of benzene rings is 1. The van der Waals surface area contributed by atoms with Crippen molar-refractivity contribution in [1.29, 1.82) is 0 Å². The van der Waals surface area contributed by atoms with Gasteiger partial charge in [-0.3, -0.25) is 24.2 Å². The molecule has 2 unspecified atom stereocenters. The Bertz CT molecular complexity index is 844. The molecule has 0 saturated carbocycles. The van der Waals surface area contributed by atoms with Crippen molar-refractivity contribution < 1.29 is 58.6 Å². The van der Waals surface area contributed by atoms with Crippen molar-refractivity contribution in [1.82, 2.24) is 4.90 Å². The number of anilines is 1. The van der Waals surface area contributed by atoms with Gasteiger partial charge in [0, 0.05) is 30.9 Å². The molecule has 2 amide bonds. The quantitative estimate of drug-likeness (QED) is 0.286. The number of ether oxygens (including phenoxy) is 1. The number of hydrogen-bond donors (Lipinski definition) is 0. The monoisotopic (exact) mass is 412 g/mol. The van der Waals surface area contributed by atoms with Crippen molar-refractivity contribution in [3.05, 3.63) is 41.6 Å². The van der Waals surface area contributed by atoms with Crippen LogP contribution >= 0.6 is 11.8 Å². The molecule has 1 aromatic carbocycles. The zero-order valence-electron chi connectivity index (χ0n) is 15.7. The number of nitrogens with zero attached hydrogens (tertiary/aromatic N) is 2. The van der Waals surface area contributed by atoms with Gasteiger partial charge in [-0.15, -0.1) is 11.8 Å². The SMILES string of the molecule is CC(=O)OCC1=C(C(=O)[O-])N2C(=O)C(N(C(C)=O)c3ccccc3)C2SC1.[Na+]. The summed E-state index contributed by atoms with van der Waals surface area (Å²) in [6.45, 7) is 2.35. The second-order valence-electron chi connectivity index (χ2n) is 6.10.